The minimum atomic E-state index is 0.751. The van der Waals surface area contributed by atoms with Gasteiger partial charge in [-0.25, -0.2) is 0 Å². The van der Waals surface area contributed by atoms with E-state index in [9.17, 15) is 0 Å². The molecule has 6 rings (SSSR count). The Labute approximate surface area is 166 Å². The summed E-state index contributed by atoms with van der Waals surface area (Å²) in [4.78, 5) is 0. The molecular weight excluding hydrogens is 364 g/mol. The molecule has 1 nitrogen and oxygen atoms in total. The van der Waals surface area contributed by atoms with Crippen LogP contribution in [0.1, 0.15) is 0 Å². The van der Waals surface area contributed by atoms with Crippen molar-refractivity contribution in [1.82, 2.24) is 0 Å². The van der Waals surface area contributed by atoms with Crippen LogP contribution in [0.15, 0.2) is 95.4 Å². The zero-order valence-electron chi connectivity index (χ0n) is 14.9. The van der Waals surface area contributed by atoms with Crippen LogP contribution >= 0.6 is 11.6 Å². The summed E-state index contributed by atoms with van der Waals surface area (Å²) >= 11 is 6.07. The highest BCUT2D eigenvalue weighted by Gasteiger charge is 2.15. The van der Waals surface area contributed by atoms with Gasteiger partial charge < -0.3 is 4.42 Å². The smallest absolute Gasteiger partial charge is 0.143 e. The van der Waals surface area contributed by atoms with Crippen molar-refractivity contribution in [2.24, 2.45) is 0 Å². The molecule has 0 fully saturated rings. The van der Waals surface area contributed by atoms with Crippen molar-refractivity contribution in [3.8, 4) is 11.1 Å². The fraction of sp³-hybridized carbons (Fsp3) is 0. The molecule has 0 atom stereocenters. The first kappa shape index (κ1) is 15.7. The van der Waals surface area contributed by atoms with Crippen LogP contribution in [0.25, 0.3) is 54.6 Å². The van der Waals surface area contributed by atoms with E-state index in [1.165, 1.54) is 27.1 Å². The Morgan fingerprint density at radius 1 is 0.536 bits per heavy atom. The van der Waals surface area contributed by atoms with Gasteiger partial charge in [-0.05, 0) is 51.6 Å². The molecule has 0 aliphatic heterocycles. The topological polar surface area (TPSA) is 13.1 Å². The Hall–Kier alpha value is -3.29. The van der Waals surface area contributed by atoms with Crippen LogP contribution < -0.4 is 0 Å². The van der Waals surface area contributed by atoms with Gasteiger partial charge in [0.2, 0.25) is 0 Å². The van der Waals surface area contributed by atoms with Gasteiger partial charge in [0.25, 0.3) is 0 Å². The highest BCUT2D eigenvalue weighted by Crippen LogP contribution is 2.41. The minimum Gasteiger partial charge on any atom is -0.455 e. The third-order valence-electron chi connectivity index (χ3n) is 5.52. The highest BCUT2D eigenvalue weighted by atomic mass is 35.5. The van der Waals surface area contributed by atoms with E-state index in [2.05, 4.69) is 66.7 Å². The molecule has 132 valence electrons. The lowest BCUT2D eigenvalue weighted by Gasteiger charge is -2.09. The minimum absolute atomic E-state index is 0.751. The van der Waals surface area contributed by atoms with Crippen LogP contribution in [0.5, 0.6) is 0 Å². The van der Waals surface area contributed by atoms with E-state index in [-0.39, 0.29) is 0 Å². The van der Waals surface area contributed by atoms with Gasteiger partial charge in [0.15, 0.2) is 0 Å². The van der Waals surface area contributed by atoms with E-state index in [4.69, 9.17) is 16.0 Å². The number of benzene rings is 5. The quantitative estimate of drug-likeness (QED) is 0.263. The molecule has 0 N–H and O–H groups in total. The van der Waals surface area contributed by atoms with E-state index in [1.807, 2.05) is 24.3 Å². The van der Waals surface area contributed by atoms with E-state index >= 15 is 0 Å². The number of hydrogen-bond acceptors (Lipinski definition) is 1. The number of furan rings is 1. The Kier molecular flexibility index (Phi) is 3.29. The number of fused-ring (bicyclic) bond motifs is 8. The third kappa shape index (κ3) is 2.20. The summed E-state index contributed by atoms with van der Waals surface area (Å²) in [5, 5.41) is 7.91. The molecule has 6 aromatic rings. The molecule has 0 unspecified atom stereocenters. The molecule has 0 radical (unpaired) electrons. The maximum atomic E-state index is 6.29. The molecule has 1 heterocycles. The Morgan fingerprint density at radius 3 is 2.04 bits per heavy atom. The Morgan fingerprint density at radius 2 is 1.21 bits per heavy atom. The largest absolute Gasteiger partial charge is 0.455 e. The molecule has 0 saturated carbocycles. The van der Waals surface area contributed by atoms with Gasteiger partial charge in [0, 0.05) is 21.2 Å². The lowest BCUT2D eigenvalue weighted by Crippen LogP contribution is -1.83. The van der Waals surface area contributed by atoms with Crippen LogP contribution in [0.2, 0.25) is 5.02 Å². The van der Waals surface area contributed by atoms with Crippen LogP contribution in [0.4, 0.5) is 0 Å². The first-order valence-electron chi connectivity index (χ1n) is 9.31. The fourth-order valence-electron chi connectivity index (χ4n) is 4.23. The number of hydrogen-bond donors (Lipinski definition) is 0. The maximum Gasteiger partial charge on any atom is 0.143 e. The lowest BCUT2D eigenvalue weighted by atomic mass is 9.94. The van der Waals surface area contributed by atoms with Gasteiger partial charge in [-0.3, -0.25) is 0 Å². The van der Waals surface area contributed by atoms with Crippen molar-refractivity contribution in [2.75, 3.05) is 0 Å². The second-order valence-electron chi connectivity index (χ2n) is 7.12. The lowest BCUT2D eigenvalue weighted by molar-refractivity contribution is 0.673. The predicted octanol–water partition coefficient (Wildman–Crippen LogP) is 8.21. The summed E-state index contributed by atoms with van der Waals surface area (Å²) in [6.07, 6.45) is 0. The first-order valence-corrected chi connectivity index (χ1v) is 9.69. The molecule has 0 saturated heterocycles. The number of para-hydroxylation sites is 1. The zero-order chi connectivity index (χ0) is 18.7. The first-order chi connectivity index (χ1) is 13.8. The summed E-state index contributed by atoms with van der Waals surface area (Å²) in [6, 6.07) is 31.4. The second-order valence-corrected chi connectivity index (χ2v) is 7.55. The van der Waals surface area contributed by atoms with Gasteiger partial charge in [-0.15, -0.1) is 0 Å². The summed E-state index contributed by atoms with van der Waals surface area (Å²) in [5.41, 5.74) is 4.23. The van der Waals surface area contributed by atoms with Gasteiger partial charge >= 0.3 is 0 Å². The van der Waals surface area contributed by atoms with Crippen molar-refractivity contribution >= 4 is 55.1 Å². The molecule has 5 aromatic carbocycles. The van der Waals surface area contributed by atoms with Crippen molar-refractivity contribution in [3.05, 3.63) is 96.0 Å². The van der Waals surface area contributed by atoms with E-state index in [0.717, 1.165) is 32.5 Å². The standard InChI is InChI=1S/C26H15ClO/c27-18-12-9-16(10-13-18)17-11-14-20-23(15-17)19-5-1-2-6-21(19)26-25(20)22-7-3-4-8-24(22)28-26/h1-15H. The Bertz CT molecular complexity index is 1510. The summed E-state index contributed by atoms with van der Waals surface area (Å²) in [5.74, 6) is 0. The van der Waals surface area contributed by atoms with Gasteiger partial charge in [0.05, 0.1) is 0 Å². The van der Waals surface area contributed by atoms with Crippen LogP contribution in [0, 0.1) is 0 Å². The second kappa shape index (κ2) is 5.85. The molecule has 28 heavy (non-hydrogen) atoms. The SMILES string of the molecule is Clc1ccc(-c2ccc3c(c2)c2ccccc2c2oc4ccccc4c32)cc1. The molecule has 0 aliphatic carbocycles. The highest BCUT2D eigenvalue weighted by molar-refractivity contribution is 6.31. The average molecular weight is 379 g/mol. The van der Waals surface area contributed by atoms with E-state index < -0.39 is 0 Å². The average Bonchev–Trinajstić information content (AvgIpc) is 3.14. The van der Waals surface area contributed by atoms with E-state index in [1.54, 1.807) is 0 Å². The van der Waals surface area contributed by atoms with Crippen LogP contribution in [-0.4, -0.2) is 0 Å². The normalized spacial score (nSPS) is 11.8. The fourth-order valence-corrected chi connectivity index (χ4v) is 4.35. The molecular formula is C26H15ClO. The van der Waals surface area contributed by atoms with Crippen molar-refractivity contribution < 1.29 is 4.42 Å². The van der Waals surface area contributed by atoms with Gasteiger partial charge in [-0.1, -0.05) is 78.3 Å². The molecule has 1 aromatic heterocycles. The Balaban J connectivity index is 1.80. The van der Waals surface area contributed by atoms with Gasteiger partial charge in [-0.2, -0.15) is 0 Å². The molecule has 0 spiro atoms. The molecule has 0 bridgehead atoms. The summed E-state index contributed by atoms with van der Waals surface area (Å²) in [7, 11) is 0. The van der Waals surface area contributed by atoms with Crippen molar-refractivity contribution in [2.45, 2.75) is 0 Å². The summed E-state index contributed by atoms with van der Waals surface area (Å²) < 4.78 is 6.29. The zero-order valence-corrected chi connectivity index (χ0v) is 15.7. The number of rotatable bonds is 1. The predicted molar refractivity (Wildman–Crippen MR) is 119 cm³/mol. The van der Waals surface area contributed by atoms with E-state index in [0.29, 0.717) is 0 Å². The number of halogens is 1. The van der Waals surface area contributed by atoms with Crippen molar-refractivity contribution in [3.63, 3.8) is 0 Å². The molecule has 0 aliphatic rings. The third-order valence-corrected chi connectivity index (χ3v) is 5.78. The van der Waals surface area contributed by atoms with Gasteiger partial charge in [0.1, 0.15) is 11.2 Å². The molecule has 2 heteroatoms. The van der Waals surface area contributed by atoms with Crippen LogP contribution in [0.3, 0.4) is 0 Å². The monoisotopic (exact) mass is 378 g/mol. The maximum absolute atomic E-state index is 6.29. The molecule has 0 amide bonds. The van der Waals surface area contributed by atoms with Crippen LogP contribution in [-0.2, 0) is 0 Å². The summed E-state index contributed by atoms with van der Waals surface area (Å²) in [6.45, 7) is 0. The van der Waals surface area contributed by atoms with Crippen molar-refractivity contribution in [1.29, 1.82) is 0 Å².